The topological polar surface area (TPSA) is 60.2 Å². The van der Waals surface area contributed by atoms with Gasteiger partial charge in [-0.1, -0.05) is 49.0 Å². The van der Waals surface area contributed by atoms with Gasteiger partial charge in [-0.3, -0.25) is 9.36 Å². The number of rotatable bonds is 7. The Bertz CT molecular complexity index is 1110. The summed E-state index contributed by atoms with van der Waals surface area (Å²) in [7, 11) is 1.64. The number of hydrogen-bond acceptors (Lipinski definition) is 6. The Balaban J connectivity index is 1.56. The van der Waals surface area contributed by atoms with Gasteiger partial charge in [-0.25, -0.2) is 0 Å². The summed E-state index contributed by atoms with van der Waals surface area (Å²) >= 11 is 3.23. The van der Waals surface area contributed by atoms with Crippen molar-refractivity contribution in [3.8, 4) is 17.1 Å². The van der Waals surface area contributed by atoms with Crippen LogP contribution in [0.2, 0.25) is 0 Å². The molecule has 0 aliphatic carbocycles. The molecular formula is C24H26N4O2S2. The minimum Gasteiger partial charge on any atom is -0.496 e. The Kier molecular flexibility index (Phi) is 7.22. The highest BCUT2D eigenvalue weighted by molar-refractivity contribution is 8.00. The average Bonchev–Trinajstić information content (AvgIpc) is 3.12. The average molecular weight is 467 g/mol. The minimum atomic E-state index is 0.0733. The molecule has 0 bridgehead atoms. The molecule has 4 rings (SSSR count). The highest BCUT2D eigenvalue weighted by Crippen LogP contribution is 2.38. The quantitative estimate of drug-likeness (QED) is 0.355. The number of carbonyl (C=O) groups excluding carboxylic acids is 1. The van der Waals surface area contributed by atoms with Crippen LogP contribution in [0.4, 0.5) is 5.69 Å². The van der Waals surface area contributed by atoms with Crippen molar-refractivity contribution >= 4 is 35.1 Å². The van der Waals surface area contributed by atoms with E-state index in [2.05, 4.69) is 29.8 Å². The second-order valence-electron chi connectivity index (χ2n) is 7.42. The number of nitrogens with zero attached hydrogens (tertiary/aromatic N) is 4. The van der Waals surface area contributed by atoms with Crippen LogP contribution in [0.15, 0.2) is 71.2 Å². The second-order valence-corrected chi connectivity index (χ2v) is 9.85. The fourth-order valence-electron chi connectivity index (χ4n) is 3.67. The number of amides is 1. The maximum absolute atomic E-state index is 13.2. The second kappa shape index (κ2) is 10.3. The summed E-state index contributed by atoms with van der Waals surface area (Å²) in [5, 5.41) is 9.94. The number of carbonyl (C=O) groups is 1. The summed E-state index contributed by atoms with van der Waals surface area (Å²) in [6.07, 6.45) is 2.76. The van der Waals surface area contributed by atoms with Crippen LogP contribution in [-0.4, -0.2) is 45.3 Å². The van der Waals surface area contributed by atoms with E-state index in [4.69, 9.17) is 4.74 Å². The van der Waals surface area contributed by atoms with Crippen molar-refractivity contribution in [2.24, 2.45) is 0 Å². The molecule has 0 N–H and O–H groups in total. The molecule has 2 aromatic carbocycles. The number of ether oxygens (including phenoxy) is 1. The Labute approximate surface area is 197 Å². The van der Waals surface area contributed by atoms with Crippen molar-refractivity contribution < 1.29 is 9.53 Å². The molecule has 0 unspecified atom stereocenters. The molecule has 2 heterocycles. The van der Waals surface area contributed by atoms with Gasteiger partial charge in [0.15, 0.2) is 11.0 Å². The Morgan fingerprint density at radius 2 is 2.03 bits per heavy atom. The summed E-state index contributed by atoms with van der Waals surface area (Å²) in [4.78, 5) is 16.3. The molecule has 1 aromatic heterocycles. The lowest BCUT2D eigenvalue weighted by molar-refractivity contribution is -0.116. The number of para-hydroxylation sites is 2. The van der Waals surface area contributed by atoms with Crippen molar-refractivity contribution in [3.63, 3.8) is 0 Å². The lowest BCUT2D eigenvalue weighted by Gasteiger charge is -2.22. The van der Waals surface area contributed by atoms with Crippen LogP contribution in [0.3, 0.4) is 0 Å². The summed E-state index contributed by atoms with van der Waals surface area (Å²) in [5.41, 5.74) is 1.85. The molecule has 0 saturated carbocycles. The van der Waals surface area contributed by atoms with Gasteiger partial charge in [0.25, 0.3) is 0 Å². The van der Waals surface area contributed by atoms with Crippen LogP contribution in [0.1, 0.15) is 13.3 Å². The smallest absolute Gasteiger partial charge is 0.237 e. The van der Waals surface area contributed by atoms with Gasteiger partial charge in [-0.15, -0.1) is 28.5 Å². The van der Waals surface area contributed by atoms with Gasteiger partial charge < -0.3 is 9.64 Å². The monoisotopic (exact) mass is 466 g/mol. The molecule has 1 aliphatic rings. The molecule has 0 saturated heterocycles. The molecule has 1 amide bonds. The Morgan fingerprint density at radius 1 is 1.25 bits per heavy atom. The highest BCUT2D eigenvalue weighted by Gasteiger charge is 2.25. The van der Waals surface area contributed by atoms with Crippen LogP contribution in [0, 0.1) is 0 Å². The molecule has 0 fully saturated rings. The minimum absolute atomic E-state index is 0.0733. The lowest BCUT2D eigenvalue weighted by Crippen LogP contribution is -2.33. The molecule has 0 radical (unpaired) electrons. The van der Waals surface area contributed by atoms with E-state index < -0.39 is 0 Å². The Hall–Kier alpha value is -2.71. The maximum Gasteiger partial charge on any atom is 0.237 e. The fraction of sp³-hybridized carbons (Fsp3) is 0.292. The summed E-state index contributed by atoms with van der Waals surface area (Å²) < 4.78 is 7.47. The number of methoxy groups -OCH3 is 1. The van der Waals surface area contributed by atoms with Gasteiger partial charge in [0, 0.05) is 23.2 Å². The third-order valence-corrected chi connectivity index (χ3v) is 7.43. The van der Waals surface area contributed by atoms with Crippen LogP contribution in [0.5, 0.6) is 5.75 Å². The number of hydrogen-bond donors (Lipinski definition) is 0. The molecule has 1 aliphatic heterocycles. The molecule has 3 aromatic rings. The summed E-state index contributed by atoms with van der Waals surface area (Å²) in [5.74, 6) is 1.78. The number of aromatic nitrogens is 3. The normalized spacial score (nSPS) is 15.7. The number of fused-ring (bicyclic) bond motifs is 1. The van der Waals surface area contributed by atoms with Gasteiger partial charge in [0.1, 0.15) is 5.75 Å². The van der Waals surface area contributed by atoms with Crippen LogP contribution in [0.25, 0.3) is 11.4 Å². The molecular weight excluding hydrogens is 440 g/mol. The summed E-state index contributed by atoms with van der Waals surface area (Å²) in [6.45, 7) is 7.34. The van der Waals surface area contributed by atoms with Crippen LogP contribution >= 0.6 is 23.5 Å². The molecule has 1 atom stereocenters. The van der Waals surface area contributed by atoms with E-state index in [9.17, 15) is 4.79 Å². The molecule has 32 heavy (non-hydrogen) atoms. The highest BCUT2D eigenvalue weighted by atomic mass is 32.2. The zero-order valence-corrected chi connectivity index (χ0v) is 19.9. The van der Waals surface area contributed by atoms with E-state index in [-0.39, 0.29) is 11.7 Å². The molecule has 6 nitrogen and oxygen atoms in total. The standard InChI is InChI=1S/C24H26N4O2S2/c1-4-14-28-23(18-9-5-7-11-20(18)30-3)25-26-24(28)31-16-22(29)27-15-13-17(2)32-21-12-8-6-10-19(21)27/h4-12,17H,1,13-16H2,2-3H3/t17-/m1/s1. The van der Waals surface area contributed by atoms with Crippen molar-refractivity contribution in [1.82, 2.24) is 14.8 Å². The first-order chi connectivity index (χ1) is 15.6. The largest absolute Gasteiger partial charge is 0.496 e. The van der Waals surface area contributed by atoms with E-state index in [1.165, 1.54) is 11.8 Å². The van der Waals surface area contributed by atoms with E-state index in [0.717, 1.165) is 34.9 Å². The van der Waals surface area contributed by atoms with E-state index in [0.29, 0.717) is 22.8 Å². The summed E-state index contributed by atoms with van der Waals surface area (Å²) in [6, 6.07) is 15.9. The third kappa shape index (κ3) is 4.71. The first-order valence-electron chi connectivity index (χ1n) is 10.5. The number of anilines is 1. The van der Waals surface area contributed by atoms with Crippen LogP contribution < -0.4 is 9.64 Å². The van der Waals surface area contributed by atoms with E-state index in [1.54, 1.807) is 13.2 Å². The van der Waals surface area contributed by atoms with Crippen LogP contribution in [-0.2, 0) is 11.3 Å². The predicted octanol–water partition coefficient (Wildman–Crippen LogP) is 5.15. The number of thioether (sulfide) groups is 2. The molecule has 0 spiro atoms. The lowest BCUT2D eigenvalue weighted by atomic mass is 10.2. The van der Waals surface area contributed by atoms with E-state index in [1.807, 2.05) is 63.7 Å². The zero-order valence-electron chi connectivity index (χ0n) is 18.2. The maximum atomic E-state index is 13.2. The zero-order chi connectivity index (χ0) is 22.5. The van der Waals surface area contributed by atoms with Gasteiger partial charge in [0.05, 0.1) is 24.1 Å². The number of benzene rings is 2. The fourth-order valence-corrected chi connectivity index (χ4v) is 5.60. The third-order valence-electron chi connectivity index (χ3n) is 5.25. The van der Waals surface area contributed by atoms with Crippen molar-refractivity contribution in [2.75, 3.05) is 24.3 Å². The first-order valence-corrected chi connectivity index (χ1v) is 12.3. The SMILES string of the molecule is C=CCn1c(SCC(=O)N2CC[C@@H](C)Sc3ccccc32)nnc1-c1ccccc1OC. The molecule has 8 heteroatoms. The van der Waals surface area contributed by atoms with E-state index >= 15 is 0 Å². The van der Waals surface area contributed by atoms with Crippen molar-refractivity contribution in [1.29, 1.82) is 0 Å². The van der Waals surface area contributed by atoms with Gasteiger partial charge in [0.2, 0.25) is 5.91 Å². The van der Waals surface area contributed by atoms with Crippen molar-refractivity contribution in [3.05, 3.63) is 61.2 Å². The van der Waals surface area contributed by atoms with Gasteiger partial charge in [-0.2, -0.15) is 0 Å². The molecule has 166 valence electrons. The predicted molar refractivity (Wildman–Crippen MR) is 132 cm³/mol. The number of allylic oxidation sites excluding steroid dienone is 1. The van der Waals surface area contributed by atoms with Gasteiger partial charge in [-0.05, 0) is 30.7 Å². The van der Waals surface area contributed by atoms with Gasteiger partial charge >= 0.3 is 0 Å². The van der Waals surface area contributed by atoms with Crippen molar-refractivity contribution in [2.45, 2.75) is 35.2 Å². The Morgan fingerprint density at radius 3 is 2.84 bits per heavy atom. The first kappa shape index (κ1) is 22.5.